The Hall–Kier alpha value is -3.50. The summed E-state index contributed by atoms with van der Waals surface area (Å²) in [4.78, 5) is 17.9. The van der Waals surface area contributed by atoms with Gasteiger partial charge in [-0.1, -0.05) is 0 Å². The quantitative estimate of drug-likeness (QED) is 0.414. The third-order valence-electron chi connectivity index (χ3n) is 5.86. The summed E-state index contributed by atoms with van der Waals surface area (Å²) in [5.74, 6) is 2.22. The van der Waals surface area contributed by atoms with Crippen molar-refractivity contribution >= 4 is 10.9 Å². The zero-order valence-electron chi connectivity index (χ0n) is 18.4. The number of tetrazole rings is 1. The van der Waals surface area contributed by atoms with Crippen LogP contribution in [0, 0.1) is 0 Å². The molecule has 5 rings (SSSR count). The summed E-state index contributed by atoms with van der Waals surface area (Å²) in [5, 5.41) is 13.2. The highest BCUT2D eigenvalue weighted by Crippen LogP contribution is 2.20. The van der Waals surface area contributed by atoms with Crippen molar-refractivity contribution in [3.8, 4) is 5.75 Å². The summed E-state index contributed by atoms with van der Waals surface area (Å²) >= 11 is 0. The van der Waals surface area contributed by atoms with E-state index in [4.69, 9.17) is 13.9 Å². The number of aromatic nitrogens is 5. The lowest BCUT2D eigenvalue weighted by Gasteiger charge is -2.21. The van der Waals surface area contributed by atoms with Crippen LogP contribution in [-0.4, -0.2) is 49.9 Å². The van der Waals surface area contributed by atoms with E-state index in [1.54, 1.807) is 18.1 Å². The molecule has 3 aromatic heterocycles. The van der Waals surface area contributed by atoms with E-state index in [9.17, 15) is 4.79 Å². The molecule has 0 unspecified atom stereocenters. The number of nitrogens with zero attached hydrogens (tertiary/aromatic N) is 5. The monoisotopic (exact) mass is 450 g/mol. The first-order chi connectivity index (χ1) is 16.2. The predicted octanol–water partition coefficient (Wildman–Crippen LogP) is 2.50. The minimum absolute atomic E-state index is 0.131. The lowest BCUT2D eigenvalue weighted by atomic mass is 10.1. The van der Waals surface area contributed by atoms with Crippen LogP contribution in [0.5, 0.6) is 5.75 Å². The second kappa shape index (κ2) is 9.55. The molecule has 0 saturated carbocycles. The first kappa shape index (κ1) is 21.4. The van der Waals surface area contributed by atoms with Crippen LogP contribution in [0.3, 0.4) is 0 Å². The van der Waals surface area contributed by atoms with Gasteiger partial charge in [0.2, 0.25) is 0 Å². The van der Waals surface area contributed by atoms with Gasteiger partial charge in [-0.05, 0) is 59.0 Å². The smallest absolute Gasteiger partial charge is 0.252 e. The van der Waals surface area contributed by atoms with Gasteiger partial charge in [0.1, 0.15) is 11.5 Å². The number of benzene rings is 1. The average Bonchev–Trinajstić information content (AvgIpc) is 3.59. The largest absolute Gasteiger partial charge is 0.497 e. The van der Waals surface area contributed by atoms with Crippen LogP contribution >= 0.6 is 0 Å². The highest BCUT2D eigenvalue weighted by atomic mass is 16.5. The van der Waals surface area contributed by atoms with Crippen LogP contribution in [0.1, 0.15) is 30.0 Å². The third-order valence-corrected chi connectivity index (χ3v) is 5.86. The Morgan fingerprint density at radius 3 is 2.97 bits per heavy atom. The maximum Gasteiger partial charge on any atom is 0.252 e. The van der Waals surface area contributed by atoms with Gasteiger partial charge in [0, 0.05) is 24.8 Å². The molecule has 10 heteroatoms. The van der Waals surface area contributed by atoms with Gasteiger partial charge in [-0.3, -0.25) is 9.69 Å². The Bertz CT molecular complexity index is 1260. The highest BCUT2D eigenvalue weighted by Gasteiger charge is 2.21. The van der Waals surface area contributed by atoms with Crippen molar-refractivity contribution in [3.05, 3.63) is 70.2 Å². The van der Waals surface area contributed by atoms with Crippen molar-refractivity contribution in [2.24, 2.45) is 0 Å². The van der Waals surface area contributed by atoms with E-state index >= 15 is 0 Å². The minimum atomic E-state index is -0.140. The van der Waals surface area contributed by atoms with Gasteiger partial charge in [0.15, 0.2) is 5.82 Å². The molecule has 0 amide bonds. The van der Waals surface area contributed by atoms with E-state index in [-0.39, 0.29) is 11.7 Å². The van der Waals surface area contributed by atoms with E-state index < -0.39 is 0 Å². The molecular weight excluding hydrogens is 424 g/mol. The molecule has 0 radical (unpaired) electrons. The van der Waals surface area contributed by atoms with E-state index in [1.165, 1.54) is 0 Å². The summed E-state index contributed by atoms with van der Waals surface area (Å²) in [6.45, 7) is 2.78. The predicted molar refractivity (Wildman–Crippen MR) is 120 cm³/mol. The second-order valence-electron chi connectivity index (χ2n) is 8.21. The Morgan fingerprint density at radius 2 is 2.18 bits per heavy atom. The van der Waals surface area contributed by atoms with E-state index in [1.807, 2.05) is 36.4 Å². The standard InChI is InChI=1S/C23H26N6O4/c1-31-18-7-6-16-10-17(23(30)24-21(16)11-18)12-28(13-19-4-2-8-32-19)15-22-25-26-27-29(22)14-20-5-3-9-33-20/h2,4,6-8,10-11,20H,3,5,9,12-15H2,1H3,(H,24,30)/t20-/m0/s1. The molecule has 4 aromatic rings. The SMILES string of the molecule is COc1ccc2cc(CN(Cc3ccco3)Cc3nnnn3C[C@@H]3CCCO3)c(=O)[nH]c2c1. The Labute approximate surface area is 190 Å². The van der Waals surface area contributed by atoms with Crippen LogP contribution in [0.25, 0.3) is 10.9 Å². The fourth-order valence-electron chi connectivity index (χ4n) is 4.16. The van der Waals surface area contributed by atoms with Crippen LogP contribution in [0.2, 0.25) is 0 Å². The molecular formula is C23H26N6O4. The number of furan rings is 1. The number of ether oxygens (including phenoxy) is 2. The zero-order chi connectivity index (χ0) is 22.6. The molecule has 1 saturated heterocycles. The molecule has 4 heterocycles. The van der Waals surface area contributed by atoms with Gasteiger partial charge in [-0.15, -0.1) is 5.10 Å². The first-order valence-electron chi connectivity index (χ1n) is 11.0. The maximum atomic E-state index is 12.9. The lowest BCUT2D eigenvalue weighted by Crippen LogP contribution is -2.28. The van der Waals surface area contributed by atoms with Gasteiger partial charge in [0.05, 0.1) is 44.6 Å². The molecule has 1 aliphatic heterocycles. The van der Waals surface area contributed by atoms with Crippen LogP contribution < -0.4 is 10.3 Å². The van der Waals surface area contributed by atoms with E-state index in [0.29, 0.717) is 37.5 Å². The summed E-state index contributed by atoms with van der Waals surface area (Å²) < 4.78 is 18.4. The number of hydrogen-bond acceptors (Lipinski definition) is 8. The molecule has 1 N–H and O–H groups in total. The number of aromatic amines is 1. The molecule has 1 atom stereocenters. The second-order valence-corrected chi connectivity index (χ2v) is 8.21. The molecule has 0 bridgehead atoms. The Morgan fingerprint density at radius 1 is 1.24 bits per heavy atom. The third kappa shape index (κ3) is 4.96. The number of H-pyrrole nitrogens is 1. The van der Waals surface area contributed by atoms with Crippen molar-refractivity contribution in [1.29, 1.82) is 0 Å². The highest BCUT2D eigenvalue weighted by molar-refractivity contribution is 5.80. The number of fused-ring (bicyclic) bond motifs is 1. The average molecular weight is 450 g/mol. The van der Waals surface area contributed by atoms with Gasteiger partial charge >= 0.3 is 0 Å². The minimum Gasteiger partial charge on any atom is -0.497 e. The lowest BCUT2D eigenvalue weighted by molar-refractivity contribution is 0.0913. The molecule has 172 valence electrons. The summed E-state index contributed by atoms with van der Waals surface area (Å²) in [5.41, 5.74) is 1.25. The molecule has 1 fully saturated rings. The maximum absolute atomic E-state index is 12.9. The number of methoxy groups -OCH3 is 1. The van der Waals surface area contributed by atoms with Crippen molar-refractivity contribution in [2.75, 3.05) is 13.7 Å². The van der Waals surface area contributed by atoms with Gasteiger partial charge in [-0.2, -0.15) is 0 Å². The molecule has 0 aliphatic carbocycles. The molecule has 1 aliphatic rings. The Kier molecular flexibility index (Phi) is 6.18. The topological polar surface area (TPSA) is 111 Å². The zero-order valence-corrected chi connectivity index (χ0v) is 18.4. The fourth-order valence-corrected chi connectivity index (χ4v) is 4.16. The van der Waals surface area contributed by atoms with Gasteiger partial charge < -0.3 is 18.9 Å². The number of pyridine rings is 1. The number of nitrogens with one attached hydrogen (secondary N) is 1. The fraction of sp³-hybridized carbons (Fsp3) is 0.391. The molecule has 0 spiro atoms. The van der Waals surface area contributed by atoms with Crippen molar-refractivity contribution in [3.63, 3.8) is 0 Å². The molecule has 33 heavy (non-hydrogen) atoms. The van der Waals surface area contributed by atoms with Crippen LogP contribution in [0.15, 0.2) is 51.9 Å². The van der Waals surface area contributed by atoms with Crippen molar-refractivity contribution < 1.29 is 13.9 Å². The first-order valence-corrected chi connectivity index (χ1v) is 11.0. The van der Waals surface area contributed by atoms with E-state index in [0.717, 1.165) is 41.9 Å². The summed E-state index contributed by atoms with van der Waals surface area (Å²) in [6.07, 6.45) is 3.84. The van der Waals surface area contributed by atoms with Crippen LogP contribution in [-0.2, 0) is 30.9 Å². The summed E-state index contributed by atoms with van der Waals surface area (Å²) in [7, 11) is 1.60. The molecule has 1 aromatic carbocycles. The van der Waals surface area contributed by atoms with Crippen molar-refractivity contribution in [1.82, 2.24) is 30.1 Å². The number of hydrogen-bond donors (Lipinski definition) is 1. The Balaban J connectivity index is 1.40. The number of rotatable bonds is 9. The van der Waals surface area contributed by atoms with Gasteiger partial charge in [0.25, 0.3) is 5.56 Å². The normalized spacial score (nSPS) is 16.1. The van der Waals surface area contributed by atoms with Crippen LogP contribution in [0.4, 0.5) is 0 Å². The van der Waals surface area contributed by atoms with Gasteiger partial charge in [-0.25, -0.2) is 4.68 Å². The molecule has 10 nitrogen and oxygen atoms in total. The van der Waals surface area contributed by atoms with E-state index in [2.05, 4.69) is 25.4 Å². The van der Waals surface area contributed by atoms with Crippen molar-refractivity contribution in [2.45, 2.75) is 45.1 Å². The summed E-state index contributed by atoms with van der Waals surface area (Å²) in [6, 6.07) is 11.3.